The van der Waals surface area contributed by atoms with Gasteiger partial charge in [0.15, 0.2) is 0 Å². The lowest BCUT2D eigenvalue weighted by Crippen LogP contribution is -2.48. The number of hydrogen-bond donors (Lipinski definition) is 2. The Morgan fingerprint density at radius 2 is 2.21 bits per heavy atom. The second kappa shape index (κ2) is 6.93. The predicted molar refractivity (Wildman–Crippen MR) is 78.8 cm³/mol. The lowest BCUT2D eigenvalue weighted by Gasteiger charge is -2.31. The van der Waals surface area contributed by atoms with Crippen LogP contribution < -0.4 is 5.32 Å². The third-order valence-corrected chi connectivity index (χ3v) is 3.23. The molecular formula is C13H23ClN4O. The van der Waals surface area contributed by atoms with Gasteiger partial charge in [0.1, 0.15) is 5.69 Å². The zero-order valence-electron chi connectivity index (χ0n) is 11.8. The Bertz CT molecular complexity index is 419. The van der Waals surface area contributed by atoms with Crippen LogP contribution in [0, 0.1) is 0 Å². The molecule has 2 N–H and O–H groups in total. The molecule has 1 unspecified atom stereocenters. The van der Waals surface area contributed by atoms with E-state index in [9.17, 15) is 4.79 Å². The van der Waals surface area contributed by atoms with Gasteiger partial charge in [-0.25, -0.2) is 0 Å². The minimum Gasteiger partial charge on any atom is -0.353 e. The van der Waals surface area contributed by atoms with Gasteiger partial charge in [-0.1, -0.05) is 0 Å². The fourth-order valence-corrected chi connectivity index (χ4v) is 2.29. The summed E-state index contributed by atoms with van der Waals surface area (Å²) in [6, 6.07) is 4.41. The molecule has 0 saturated carbocycles. The third-order valence-electron chi connectivity index (χ3n) is 3.23. The van der Waals surface area contributed by atoms with Gasteiger partial charge in [0.25, 0.3) is 5.91 Å². The average molecular weight is 287 g/mol. The van der Waals surface area contributed by atoms with E-state index in [0.717, 1.165) is 31.9 Å². The van der Waals surface area contributed by atoms with Crippen molar-refractivity contribution in [3.8, 4) is 0 Å². The van der Waals surface area contributed by atoms with Crippen molar-refractivity contribution >= 4 is 18.3 Å². The van der Waals surface area contributed by atoms with Gasteiger partial charge in [0.05, 0.1) is 0 Å². The highest BCUT2D eigenvalue weighted by Gasteiger charge is 2.17. The molecule has 19 heavy (non-hydrogen) atoms. The van der Waals surface area contributed by atoms with Gasteiger partial charge in [0, 0.05) is 52.0 Å². The molecule has 1 atom stereocenters. The van der Waals surface area contributed by atoms with Crippen LogP contribution >= 0.6 is 12.4 Å². The van der Waals surface area contributed by atoms with Crippen LogP contribution in [0.2, 0.25) is 0 Å². The van der Waals surface area contributed by atoms with E-state index in [2.05, 4.69) is 22.1 Å². The molecule has 0 spiro atoms. The number of hydrogen-bond acceptors (Lipinski definition) is 3. The van der Waals surface area contributed by atoms with Crippen LogP contribution in [0.5, 0.6) is 0 Å². The van der Waals surface area contributed by atoms with Gasteiger partial charge >= 0.3 is 0 Å². The molecule has 0 aromatic carbocycles. The number of rotatable bonds is 3. The summed E-state index contributed by atoms with van der Waals surface area (Å²) in [4.78, 5) is 19.0. The van der Waals surface area contributed by atoms with Gasteiger partial charge in [-0.15, -0.1) is 12.4 Å². The Morgan fingerprint density at radius 3 is 2.84 bits per heavy atom. The van der Waals surface area contributed by atoms with Crippen LogP contribution in [0.3, 0.4) is 0 Å². The number of nitrogens with one attached hydrogen (secondary N) is 2. The highest BCUT2D eigenvalue weighted by Crippen LogP contribution is 2.09. The van der Waals surface area contributed by atoms with Crippen molar-refractivity contribution in [2.45, 2.75) is 19.5 Å². The summed E-state index contributed by atoms with van der Waals surface area (Å²) in [5, 5.41) is 3.42. The monoisotopic (exact) mass is 286 g/mol. The largest absolute Gasteiger partial charge is 0.353 e. The topological polar surface area (TPSA) is 51.4 Å². The molecule has 1 aliphatic heterocycles. The summed E-state index contributed by atoms with van der Waals surface area (Å²) in [6.07, 6.45) is 0. The summed E-state index contributed by atoms with van der Waals surface area (Å²) in [5.74, 6) is 0.0231. The first-order chi connectivity index (χ1) is 8.56. The minimum atomic E-state index is 0. The lowest BCUT2D eigenvalue weighted by atomic mass is 10.2. The molecule has 2 heterocycles. The first-order valence-corrected chi connectivity index (χ1v) is 6.41. The Labute approximate surface area is 120 Å². The van der Waals surface area contributed by atoms with Crippen molar-refractivity contribution in [2.75, 3.05) is 33.7 Å². The number of nitrogens with zero attached hydrogens (tertiary/aromatic N) is 2. The van der Waals surface area contributed by atoms with Crippen LogP contribution in [0.15, 0.2) is 12.1 Å². The zero-order valence-corrected chi connectivity index (χ0v) is 12.6. The molecule has 1 saturated heterocycles. The van der Waals surface area contributed by atoms with Gasteiger partial charge in [-0.05, 0) is 19.1 Å². The molecule has 5 nitrogen and oxygen atoms in total. The second-order valence-corrected chi connectivity index (χ2v) is 5.19. The van der Waals surface area contributed by atoms with Crippen molar-refractivity contribution < 1.29 is 4.79 Å². The first kappa shape index (κ1) is 16.0. The molecule has 1 fully saturated rings. The van der Waals surface area contributed by atoms with Gasteiger partial charge in [-0.3, -0.25) is 9.69 Å². The van der Waals surface area contributed by atoms with Crippen molar-refractivity contribution in [2.24, 2.45) is 0 Å². The van der Waals surface area contributed by atoms with Crippen molar-refractivity contribution in [3.05, 3.63) is 23.5 Å². The van der Waals surface area contributed by atoms with Crippen LogP contribution in [-0.2, 0) is 6.54 Å². The molecule has 6 heteroatoms. The number of H-pyrrole nitrogens is 1. The predicted octanol–water partition coefficient (Wildman–Crippen LogP) is 0.932. The smallest absolute Gasteiger partial charge is 0.269 e. The van der Waals surface area contributed by atoms with Crippen molar-refractivity contribution in [1.29, 1.82) is 0 Å². The number of carbonyl (C=O) groups excluding carboxylic acids is 1. The second-order valence-electron chi connectivity index (χ2n) is 5.19. The first-order valence-electron chi connectivity index (χ1n) is 6.41. The SMILES string of the molecule is CC1CN(Cc2ccc(C(=O)N(C)C)[nH]2)CCN1.Cl. The Kier molecular flexibility index (Phi) is 5.85. The summed E-state index contributed by atoms with van der Waals surface area (Å²) < 4.78 is 0. The minimum absolute atomic E-state index is 0. The number of carbonyl (C=O) groups is 1. The fourth-order valence-electron chi connectivity index (χ4n) is 2.29. The molecule has 1 amide bonds. The summed E-state index contributed by atoms with van der Waals surface area (Å²) >= 11 is 0. The van der Waals surface area contributed by atoms with E-state index < -0.39 is 0 Å². The molecule has 0 radical (unpaired) electrons. The molecule has 1 aromatic rings. The highest BCUT2D eigenvalue weighted by atomic mass is 35.5. The molecule has 108 valence electrons. The van der Waals surface area contributed by atoms with E-state index in [4.69, 9.17) is 0 Å². The van der Waals surface area contributed by atoms with E-state index >= 15 is 0 Å². The maximum absolute atomic E-state index is 11.8. The zero-order chi connectivity index (χ0) is 13.1. The highest BCUT2D eigenvalue weighted by molar-refractivity contribution is 5.92. The van der Waals surface area contributed by atoms with E-state index in [0.29, 0.717) is 11.7 Å². The number of halogens is 1. The normalized spacial score (nSPS) is 19.8. The Morgan fingerprint density at radius 1 is 1.47 bits per heavy atom. The molecule has 1 aliphatic rings. The quantitative estimate of drug-likeness (QED) is 0.869. The molecule has 0 bridgehead atoms. The van der Waals surface area contributed by atoms with E-state index in [1.165, 1.54) is 0 Å². The number of aromatic amines is 1. The van der Waals surface area contributed by atoms with Crippen LogP contribution in [0.1, 0.15) is 23.1 Å². The Hall–Kier alpha value is -1.04. The van der Waals surface area contributed by atoms with Gasteiger partial charge in [0.2, 0.25) is 0 Å². The van der Waals surface area contributed by atoms with Crippen LogP contribution in [0.4, 0.5) is 0 Å². The average Bonchev–Trinajstić information content (AvgIpc) is 2.76. The third kappa shape index (κ3) is 4.23. The van der Waals surface area contributed by atoms with Crippen molar-refractivity contribution in [3.63, 3.8) is 0 Å². The van der Waals surface area contributed by atoms with E-state index in [-0.39, 0.29) is 18.3 Å². The standard InChI is InChI=1S/C13H22N4O.ClH/c1-10-8-17(7-6-14-10)9-11-4-5-12(15-11)13(18)16(2)3;/h4-5,10,14-15H,6-9H2,1-3H3;1H. The van der Waals surface area contributed by atoms with E-state index in [1.807, 2.05) is 12.1 Å². The summed E-state index contributed by atoms with van der Waals surface area (Å²) in [5.41, 5.74) is 1.77. The fraction of sp³-hybridized carbons (Fsp3) is 0.615. The van der Waals surface area contributed by atoms with E-state index in [1.54, 1.807) is 19.0 Å². The number of aromatic nitrogens is 1. The number of piperazine rings is 1. The molecule has 0 aliphatic carbocycles. The molecular weight excluding hydrogens is 264 g/mol. The molecule has 1 aromatic heterocycles. The summed E-state index contributed by atoms with van der Waals surface area (Å²) in [7, 11) is 3.53. The van der Waals surface area contributed by atoms with Gasteiger partial charge in [-0.2, -0.15) is 0 Å². The van der Waals surface area contributed by atoms with Crippen molar-refractivity contribution in [1.82, 2.24) is 20.1 Å². The lowest BCUT2D eigenvalue weighted by molar-refractivity contribution is 0.0822. The molecule has 2 rings (SSSR count). The van der Waals surface area contributed by atoms with Gasteiger partial charge < -0.3 is 15.2 Å². The Balaban J connectivity index is 0.00000180. The maximum atomic E-state index is 11.8. The van der Waals surface area contributed by atoms with Crippen LogP contribution in [-0.4, -0.2) is 60.5 Å². The summed E-state index contributed by atoms with van der Waals surface area (Å²) in [6.45, 7) is 6.22. The maximum Gasteiger partial charge on any atom is 0.269 e. The number of amides is 1. The van der Waals surface area contributed by atoms with Crippen LogP contribution in [0.25, 0.3) is 0 Å².